The summed E-state index contributed by atoms with van der Waals surface area (Å²) in [5, 5.41) is 33.1. The number of urea groups is 1. The molecule has 0 fully saturated rings. The van der Waals surface area contributed by atoms with Crippen LogP contribution in [0.15, 0.2) is 78.9 Å². The van der Waals surface area contributed by atoms with Gasteiger partial charge in [-0.1, -0.05) is 74.4 Å². The Kier molecular flexibility index (Phi) is 12.9. The zero-order valence-electron chi connectivity index (χ0n) is 24.8. The van der Waals surface area contributed by atoms with Gasteiger partial charge in [-0.15, -0.1) is 0 Å². The lowest BCUT2D eigenvalue weighted by Gasteiger charge is -2.27. The number of carbonyl (C=O) groups is 5. The fraction of sp³-hybridized carbons (Fsp3) is 0.303. The molecular formula is C33H37N3O9. The predicted molar refractivity (Wildman–Crippen MR) is 164 cm³/mol. The number of rotatable bonds is 17. The van der Waals surface area contributed by atoms with Gasteiger partial charge >= 0.3 is 23.9 Å². The molecule has 0 aliphatic carbocycles. The van der Waals surface area contributed by atoms with Crippen LogP contribution in [0.4, 0.5) is 4.79 Å². The van der Waals surface area contributed by atoms with Crippen LogP contribution >= 0.6 is 0 Å². The van der Waals surface area contributed by atoms with E-state index in [1.54, 1.807) is 24.3 Å². The van der Waals surface area contributed by atoms with Gasteiger partial charge < -0.3 is 35.6 Å². The lowest BCUT2D eigenvalue weighted by molar-refractivity contribution is -0.159. The van der Waals surface area contributed by atoms with Crippen molar-refractivity contribution in [3.63, 3.8) is 0 Å². The van der Waals surface area contributed by atoms with Gasteiger partial charge in [0.05, 0.1) is 5.56 Å². The van der Waals surface area contributed by atoms with E-state index in [-0.39, 0.29) is 36.7 Å². The van der Waals surface area contributed by atoms with E-state index < -0.39 is 36.1 Å². The Morgan fingerprint density at radius 3 is 1.89 bits per heavy atom. The van der Waals surface area contributed by atoms with Crippen LogP contribution in [-0.4, -0.2) is 68.8 Å². The van der Waals surface area contributed by atoms with Crippen LogP contribution in [0, 0.1) is 0 Å². The summed E-state index contributed by atoms with van der Waals surface area (Å²) in [4.78, 5) is 62.2. The Morgan fingerprint density at radius 2 is 1.33 bits per heavy atom. The minimum Gasteiger partial charge on any atom is -0.478 e. The molecule has 0 radical (unpaired) electrons. The Bertz CT molecular complexity index is 1430. The van der Waals surface area contributed by atoms with Gasteiger partial charge in [-0.05, 0) is 47.4 Å². The molecule has 0 saturated heterocycles. The number of carbonyl (C=O) groups excluding carboxylic acids is 2. The van der Waals surface area contributed by atoms with Crippen LogP contribution in [0.3, 0.4) is 0 Å². The van der Waals surface area contributed by atoms with Gasteiger partial charge in [0.15, 0.2) is 0 Å². The molecule has 0 spiro atoms. The van der Waals surface area contributed by atoms with Crippen LogP contribution in [0.2, 0.25) is 0 Å². The standard InChI is InChI=1S/C33H37N3O9/c1-2-3-7-18-34-29(37)27(19-22-12-16-26(17-13-22)45-28(31(40)41)32(42)43)35-33(44)36(20-23-8-5-4-6-9-23)21-24-10-14-25(15-11-24)30(38)39/h4-6,8-17,27-28H,2-3,7,18-21H2,1H3,(H,34,37)(H,35,44)(H,38,39)(H,40,41)(H,42,43). The van der Waals surface area contributed by atoms with Crippen molar-refractivity contribution in [1.82, 2.24) is 15.5 Å². The number of aliphatic carboxylic acids is 2. The number of unbranched alkanes of at least 4 members (excludes halogenated alkanes) is 2. The highest BCUT2D eigenvalue weighted by Gasteiger charge is 2.28. The van der Waals surface area contributed by atoms with Crippen molar-refractivity contribution in [3.8, 4) is 5.75 Å². The van der Waals surface area contributed by atoms with E-state index in [2.05, 4.69) is 10.6 Å². The first kappa shape index (κ1) is 34.1. The summed E-state index contributed by atoms with van der Waals surface area (Å²) in [5.41, 5.74) is 2.28. The number of carboxylic acid groups (broad SMARTS) is 3. The fourth-order valence-corrected chi connectivity index (χ4v) is 4.42. The van der Waals surface area contributed by atoms with E-state index >= 15 is 0 Å². The van der Waals surface area contributed by atoms with Crippen molar-refractivity contribution in [1.29, 1.82) is 0 Å². The van der Waals surface area contributed by atoms with Gasteiger partial charge in [-0.25, -0.2) is 19.2 Å². The molecule has 3 rings (SSSR count). The Balaban J connectivity index is 1.81. The second-order valence-corrected chi connectivity index (χ2v) is 10.4. The molecule has 12 nitrogen and oxygen atoms in total. The lowest BCUT2D eigenvalue weighted by atomic mass is 10.0. The molecule has 0 saturated carbocycles. The van der Waals surface area contributed by atoms with E-state index in [0.29, 0.717) is 17.7 Å². The monoisotopic (exact) mass is 619 g/mol. The zero-order valence-corrected chi connectivity index (χ0v) is 24.8. The maximum atomic E-state index is 13.7. The summed E-state index contributed by atoms with van der Waals surface area (Å²) >= 11 is 0. The molecule has 238 valence electrons. The van der Waals surface area contributed by atoms with Gasteiger partial charge in [0.25, 0.3) is 6.10 Å². The molecule has 0 aromatic heterocycles. The van der Waals surface area contributed by atoms with Gasteiger partial charge in [0.2, 0.25) is 5.91 Å². The van der Waals surface area contributed by atoms with Crippen LogP contribution in [0.5, 0.6) is 5.75 Å². The Labute approximate surface area is 260 Å². The van der Waals surface area contributed by atoms with Gasteiger partial charge in [0, 0.05) is 26.1 Å². The van der Waals surface area contributed by atoms with Crippen molar-refractivity contribution >= 4 is 29.8 Å². The van der Waals surface area contributed by atoms with E-state index in [1.165, 1.54) is 29.2 Å². The van der Waals surface area contributed by atoms with Gasteiger partial charge in [-0.2, -0.15) is 0 Å². The second kappa shape index (κ2) is 17.0. The van der Waals surface area contributed by atoms with Crippen molar-refractivity contribution in [2.24, 2.45) is 0 Å². The quantitative estimate of drug-likeness (QED) is 0.110. The average molecular weight is 620 g/mol. The lowest BCUT2D eigenvalue weighted by Crippen LogP contribution is -2.52. The molecule has 0 aliphatic rings. The maximum Gasteiger partial charge on any atom is 0.356 e. The molecule has 0 heterocycles. The first-order valence-corrected chi connectivity index (χ1v) is 14.5. The maximum absolute atomic E-state index is 13.7. The highest BCUT2D eigenvalue weighted by molar-refractivity contribution is 5.96. The third-order valence-corrected chi connectivity index (χ3v) is 6.84. The Morgan fingerprint density at radius 1 is 0.756 bits per heavy atom. The molecule has 3 aromatic carbocycles. The highest BCUT2D eigenvalue weighted by Crippen LogP contribution is 2.17. The van der Waals surface area contributed by atoms with Crippen LogP contribution in [-0.2, 0) is 33.9 Å². The molecule has 3 amide bonds. The molecule has 45 heavy (non-hydrogen) atoms. The predicted octanol–water partition coefficient (Wildman–Crippen LogP) is 3.93. The number of ether oxygens (including phenoxy) is 1. The molecule has 5 N–H and O–H groups in total. The average Bonchev–Trinajstić information content (AvgIpc) is 3.02. The topological polar surface area (TPSA) is 183 Å². The van der Waals surface area contributed by atoms with E-state index in [9.17, 15) is 29.1 Å². The summed E-state index contributed by atoms with van der Waals surface area (Å²) in [5.74, 6) is -4.72. The highest BCUT2D eigenvalue weighted by atomic mass is 16.5. The summed E-state index contributed by atoms with van der Waals surface area (Å²) in [6.45, 7) is 2.84. The van der Waals surface area contributed by atoms with Crippen molar-refractivity contribution in [2.45, 2.75) is 57.8 Å². The smallest absolute Gasteiger partial charge is 0.356 e. The summed E-state index contributed by atoms with van der Waals surface area (Å²) in [7, 11) is 0. The summed E-state index contributed by atoms with van der Waals surface area (Å²) in [6, 6.07) is 19.9. The third kappa shape index (κ3) is 11.0. The number of carboxylic acids is 3. The van der Waals surface area contributed by atoms with E-state index in [1.807, 2.05) is 37.3 Å². The number of benzene rings is 3. The molecule has 12 heteroatoms. The largest absolute Gasteiger partial charge is 0.478 e. The van der Waals surface area contributed by atoms with Gasteiger partial charge in [0.1, 0.15) is 11.8 Å². The number of hydrogen-bond donors (Lipinski definition) is 5. The second-order valence-electron chi connectivity index (χ2n) is 10.4. The number of nitrogens with zero attached hydrogens (tertiary/aromatic N) is 1. The minimum atomic E-state index is -2.08. The zero-order chi connectivity index (χ0) is 32.8. The van der Waals surface area contributed by atoms with Crippen LogP contribution < -0.4 is 15.4 Å². The van der Waals surface area contributed by atoms with Crippen molar-refractivity contribution in [3.05, 3.63) is 101 Å². The number of aromatic carboxylic acids is 1. The number of nitrogens with one attached hydrogen (secondary N) is 2. The molecule has 0 aliphatic heterocycles. The van der Waals surface area contributed by atoms with E-state index in [4.69, 9.17) is 14.9 Å². The van der Waals surface area contributed by atoms with Gasteiger partial charge in [-0.3, -0.25) is 4.79 Å². The summed E-state index contributed by atoms with van der Waals surface area (Å²) in [6.07, 6.45) is 0.678. The SMILES string of the molecule is CCCCCNC(=O)C(Cc1ccc(OC(C(=O)O)C(=O)O)cc1)NC(=O)N(Cc1ccccc1)Cc1ccc(C(=O)O)cc1. The Hall–Kier alpha value is -5.39. The molecule has 1 unspecified atom stereocenters. The van der Waals surface area contributed by atoms with Crippen molar-refractivity contribution < 1.29 is 44.0 Å². The molecular weight excluding hydrogens is 582 g/mol. The van der Waals surface area contributed by atoms with Crippen molar-refractivity contribution in [2.75, 3.05) is 6.54 Å². The van der Waals surface area contributed by atoms with Crippen LogP contribution in [0.1, 0.15) is 53.2 Å². The fourth-order valence-electron chi connectivity index (χ4n) is 4.42. The van der Waals surface area contributed by atoms with Crippen LogP contribution in [0.25, 0.3) is 0 Å². The molecule has 1 atom stereocenters. The summed E-state index contributed by atoms with van der Waals surface area (Å²) < 4.78 is 5.06. The normalized spacial score (nSPS) is 11.3. The molecule has 3 aromatic rings. The first-order valence-electron chi connectivity index (χ1n) is 14.5. The third-order valence-electron chi connectivity index (χ3n) is 6.84. The first-order chi connectivity index (χ1) is 21.6. The minimum absolute atomic E-state index is 0.0149. The molecule has 0 bridgehead atoms. The number of amides is 3. The number of hydrogen-bond acceptors (Lipinski definition) is 6. The van der Waals surface area contributed by atoms with E-state index in [0.717, 1.165) is 24.8 Å².